The number of piperidine rings is 1. The summed E-state index contributed by atoms with van der Waals surface area (Å²) in [7, 11) is 1.30. The van der Waals surface area contributed by atoms with E-state index in [9.17, 15) is 9.59 Å². The van der Waals surface area contributed by atoms with Gasteiger partial charge in [-0.1, -0.05) is 11.6 Å². The molecule has 1 aromatic rings. The van der Waals surface area contributed by atoms with Gasteiger partial charge in [-0.05, 0) is 37.5 Å². The third-order valence-corrected chi connectivity index (χ3v) is 3.58. The van der Waals surface area contributed by atoms with Gasteiger partial charge in [0.05, 0.1) is 17.7 Å². The summed E-state index contributed by atoms with van der Waals surface area (Å²) in [5.41, 5.74) is 0.791. The molecule has 0 atom stereocenters. The van der Waals surface area contributed by atoms with E-state index in [0.29, 0.717) is 5.56 Å². The van der Waals surface area contributed by atoms with Gasteiger partial charge in [-0.3, -0.25) is 4.79 Å². The van der Waals surface area contributed by atoms with Crippen LogP contribution in [-0.2, 0) is 4.74 Å². The molecule has 4 nitrogen and oxygen atoms in total. The van der Waals surface area contributed by atoms with E-state index in [4.69, 9.17) is 11.6 Å². The average Bonchev–Trinajstić information content (AvgIpc) is 2.46. The fourth-order valence-electron chi connectivity index (χ4n) is 2.20. The van der Waals surface area contributed by atoms with Gasteiger partial charge < -0.3 is 9.64 Å². The Balaban J connectivity index is 2.19. The summed E-state index contributed by atoms with van der Waals surface area (Å²) in [5.74, 6) is -0.528. The molecular weight excluding hydrogens is 266 g/mol. The zero-order valence-electron chi connectivity index (χ0n) is 10.8. The van der Waals surface area contributed by atoms with E-state index in [0.717, 1.165) is 25.9 Å². The highest BCUT2D eigenvalue weighted by Gasteiger charge is 2.20. The number of nitrogens with zero attached hydrogens (tertiary/aromatic N) is 1. The molecule has 0 aromatic heterocycles. The average molecular weight is 282 g/mol. The van der Waals surface area contributed by atoms with Crippen LogP contribution in [0, 0.1) is 0 Å². The number of hydrogen-bond acceptors (Lipinski definition) is 3. The van der Waals surface area contributed by atoms with Crippen molar-refractivity contribution in [3.63, 3.8) is 0 Å². The van der Waals surface area contributed by atoms with E-state index in [-0.39, 0.29) is 16.5 Å². The van der Waals surface area contributed by atoms with Gasteiger partial charge in [0.25, 0.3) is 5.91 Å². The lowest BCUT2D eigenvalue weighted by atomic mass is 10.1. The van der Waals surface area contributed by atoms with Crippen LogP contribution in [0.25, 0.3) is 0 Å². The number of likely N-dealkylation sites (tertiary alicyclic amines) is 1. The number of esters is 1. The van der Waals surface area contributed by atoms with Crippen LogP contribution in [0.15, 0.2) is 18.2 Å². The van der Waals surface area contributed by atoms with Gasteiger partial charge in [0.2, 0.25) is 0 Å². The topological polar surface area (TPSA) is 46.6 Å². The molecule has 0 radical (unpaired) electrons. The van der Waals surface area contributed by atoms with Crippen molar-refractivity contribution in [2.24, 2.45) is 0 Å². The van der Waals surface area contributed by atoms with E-state index in [2.05, 4.69) is 4.74 Å². The third kappa shape index (κ3) is 3.07. The molecule has 0 aliphatic carbocycles. The van der Waals surface area contributed by atoms with Crippen molar-refractivity contribution >= 4 is 23.5 Å². The molecule has 19 heavy (non-hydrogen) atoms. The Morgan fingerprint density at radius 2 is 1.89 bits per heavy atom. The molecule has 1 amide bonds. The summed E-state index contributed by atoms with van der Waals surface area (Å²) in [6.07, 6.45) is 3.26. The first-order chi connectivity index (χ1) is 9.13. The molecule has 2 rings (SSSR count). The number of methoxy groups -OCH3 is 1. The Hall–Kier alpha value is -1.55. The molecule has 0 saturated carbocycles. The molecule has 0 spiro atoms. The Labute approximate surface area is 117 Å². The molecule has 1 heterocycles. The van der Waals surface area contributed by atoms with Crippen molar-refractivity contribution in [2.75, 3.05) is 20.2 Å². The van der Waals surface area contributed by atoms with E-state index in [1.54, 1.807) is 6.07 Å². The second kappa shape index (κ2) is 6.06. The van der Waals surface area contributed by atoms with Crippen LogP contribution in [0.3, 0.4) is 0 Å². The fraction of sp³-hybridized carbons (Fsp3) is 0.429. The first-order valence-corrected chi connectivity index (χ1v) is 6.68. The Morgan fingerprint density at radius 3 is 2.47 bits per heavy atom. The summed E-state index contributed by atoms with van der Waals surface area (Å²) in [5, 5.41) is 0.245. The van der Waals surface area contributed by atoms with Crippen molar-refractivity contribution < 1.29 is 14.3 Å². The van der Waals surface area contributed by atoms with Crippen LogP contribution < -0.4 is 0 Å². The Kier molecular flexibility index (Phi) is 4.43. The summed E-state index contributed by atoms with van der Waals surface area (Å²) >= 11 is 6.01. The number of rotatable bonds is 2. The highest BCUT2D eigenvalue weighted by atomic mass is 35.5. The van der Waals surface area contributed by atoms with Gasteiger partial charge in [0, 0.05) is 18.7 Å². The molecule has 5 heteroatoms. The maximum absolute atomic E-state index is 12.3. The standard InChI is InChI=1S/C14H16ClNO3/c1-19-14(18)11-6-5-10(9-12(11)15)13(17)16-7-3-2-4-8-16/h5-6,9H,2-4,7-8H2,1H3. The third-order valence-electron chi connectivity index (χ3n) is 3.26. The molecule has 1 aromatic carbocycles. The second-order valence-corrected chi connectivity index (χ2v) is 4.95. The lowest BCUT2D eigenvalue weighted by Gasteiger charge is -2.26. The van der Waals surface area contributed by atoms with Crippen molar-refractivity contribution in [3.8, 4) is 0 Å². The van der Waals surface area contributed by atoms with Crippen LogP contribution in [-0.4, -0.2) is 37.0 Å². The van der Waals surface area contributed by atoms with Gasteiger partial charge in [-0.25, -0.2) is 4.79 Å². The van der Waals surface area contributed by atoms with Crippen LogP contribution >= 0.6 is 11.6 Å². The van der Waals surface area contributed by atoms with Crippen LogP contribution in [0.2, 0.25) is 5.02 Å². The highest BCUT2D eigenvalue weighted by Crippen LogP contribution is 2.21. The summed E-state index contributed by atoms with van der Waals surface area (Å²) in [6, 6.07) is 4.69. The summed E-state index contributed by atoms with van der Waals surface area (Å²) < 4.78 is 4.62. The molecule has 0 bridgehead atoms. The van der Waals surface area contributed by atoms with Gasteiger partial charge in [-0.2, -0.15) is 0 Å². The first kappa shape index (κ1) is 13.9. The normalized spacial score (nSPS) is 15.2. The Morgan fingerprint density at radius 1 is 1.21 bits per heavy atom. The summed E-state index contributed by atoms with van der Waals surface area (Å²) in [6.45, 7) is 1.57. The zero-order chi connectivity index (χ0) is 13.8. The summed E-state index contributed by atoms with van der Waals surface area (Å²) in [4.78, 5) is 25.5. The van der Waals surface area contributed by atoms with Crippen LogP contribution in [0.1, 0.15) is 40.0 Å². The number of carbonyl (C=O) groups is 2. The van der Waals surface area contributed by atoms with Crippen molar-refractivity contribution in [2.45, 2.75) is 19.3 Å². The van der Waals surface area contributed by atoms with E-state index >= 15 is 0 Å². The molecule has 102 valence electrons. The maximum Gasteiger partial charge on any atom is 0.339 e. The van der Waals surface area contributed by atoms with Crippen LogP contribution in [0.5, 0.6) is 0 Å². The van der Waals surface area contributed by atoms with Gasteiger partial charge in [0.15, 0.2) is 0 Å². The van der Waals surface area contributed by atoms with Crippen molar-refractivity contribution in [1.29, 1.82) is 0 Å². The number of hydrogen-bond donors (Lipinski definition) is 0. The maximum atomic E-state index is 12.3. The molecule has 1 aliphatic rings. The van der Waals surface area contributed by atoms with E-state index in [1.807, 2.05) is 4.90 Å². The number of carbonyl (C=O) groups excluding carboxylic acids is 2. The quantitative estimate of drug-likeness (QED) is 0.783. The minimum Gasteiger partial charge on any atom is -0.465 e. The zero-order valence-corrected chi connectivity index (χ0v) is 11.6. The predicted octanol–water partition coefficient (Wildman–Crippen LogP) is 2.75. The van der Waals surface area contributed by atoms with E-state index < -0.39 is 5.97 Å². The molecule has 0 N–H and O–H groups in total. The van der Waals surface area contributed by atoms with Crippen molar-refractivity contribution in [3.05, 3.63) is 34.3 Å². The molecular formula is C14H16ClNO3. The number of halogens is 1. The fourth-order valence-corrected chi connectivity index (χ4v) is 2.46. The Bertz CT molecular complexity index is 495. The monoisotopic (exact) mass is 281 g/mol. The molecule has 0 unspecified atom stereocenters. The predicted molar refractivity (Wildman–Crippen MR) is 72.5 cm³/mol. The van der Waals surface area contributed by atoms with Crippen molar-refractivity contribution in [1.82, 2.24) is 4.90 Å². The van der Waals surface area contributed by atoms with Gasteiger partial charge in [0.1, 0.15) is 0 Å². The molecule has 1 fully saturated rings. The first-order valence-electron chi connectivity index (χ1n) is 6.30. The minimum absolute atomic E-state index is 0.0296. The van der Waals surface area contributed by atoms with Crippen LogP contribution in [0.4, 0.5) is 0 Å². The number of ether oxygens (including phenoxy) is 1. The lowest BCUT2D eigenvalue weighted by Crippen LogP contribution is -2.35. The highest BCUT2D eigenvalue weighted by molar-refractivity contribution is 6.34. The van der Waals surface area contributed by atoms with E-state index in [1.165, 1.54) is 25.7 Å². The molecule has 1 saturated heterocycles. The smallest absolute Gasteiger partial charge is 0.339 e. The molecule has 1 aliphatic heterocycles. The van der Waals surface area contributed by atoms with Gasteiger partial charge >= 0.3 is 5.97 Å². The second-order valence-electron chi connectivity index (χ2n) is 4.54. The number of benzene rings is 1. The number of amides is 1. The lowest BCUT2D eigenvalue weighted by molar-refractivity contribution is 0.0599. The van der Waals surface area contributed by atoms with Gasteiger partial charge in [-0.15, -0.1) is 0 Å². The minimum atomic E-state index is -0.498. The SMILES string of the molecule is COC(=O)c1ccc(C(=O)N2CCCCC2)cc1Cl. The largest absolute Gasteiger partial charge is 0.465 e.